The lowest BCUT2D eigenvalue weighted by atomic mass is 10.1. The van der Waals surface area contributed by atoms with E-state index in [1.54, 1.807) is 26.0 Å². The maximum atomic E-state index is 13.5. The number of halogens is 3. The van der Waals surface area contributed by atoms with Crippen molar-refractivity contribution in [3.05, 3.63) is 70.3 Å². The highest BCUT2D eigenvalue weighted by Crippen LogP contribution is 2.14. The van der Waals surface area contributed by atoms with Gasteiger partial charge in [0.1, 0.15) is 11.6 Å². The first-order chi connectivity index (χ1) is 16.4. The maximum Gasteiger partial charge on any atom is 0.341 e. The van der Waals surface area contributed by atoms with Gasteiger partial charge in [0.25, 0.3) is 0 Å². The Kier molecular flexibility index (Phi) is 14.9. The lowest BCUT2D eigenvalue weighted by molar-refractivity contribution is 0.0406. The van der Waals surface area contributed by atoms with Crippen molar-refractivity contribution in [3.63, 3.8) is 0 Å². The molecule has 0 spiro atoms. The molecular weight excluding hydrogens is 514 g/mol. The highest BCUT2D eigenvalue weighted by molar-refractivity contribution is 9.08. The van der Waals surface area contributed by atoms with Gasteiger partial charge < -0.3 is 18.9 Å². The average Bonchev–Trinajstić information content (AvgIpc) is 2.83. The standard InChI is InChI=1S/C15H21FO4.C10H10BrFO2/c1-3-7-18-8-9-19-11-12-5-6-14(16)13(10-12)15(17)20-4-2;1-2-14-10(13)8-5-7(6-11)3-4-9(8)12/h5-6,10H,3-4,7-9,11H2,1-2H3;3-5H,2,6H2,1H3. The van der Waals surface area contributed by atoms with Gasteiger partial charge in [-0.05, 0) is 55.7 Å². The molecular formula is C25H31BrF2O6. The number of esters is 2. The molecule has 0 atom stereocenters. The maximum absolute atomic E-state index is 13.5. The molecule has 0 unspecified atom stereocenters. The van der Waals surface area contributed by atoms with E-state index in [9.17, 15) is 18.4 Å². The molecule has 0 saturated carbocycles. The summed E-state index contributed by atoms with van der Waals surface area (Å²) in [4.78, 5) is 22.8. The van der Waals surface area contributed by atoms with Gasteiger partial charge in [-0.25, -0.2) is 18.4 Å². The summed E-state index contributed by atoms with van der Waals surface area (Å²) in [5.41, 5.74) is 1.50. The summed E-state index contributed by atoms with van der Waals surface area (Å²) in [6, 6.07) is 8.67. The number of carbonyl (C=O) groups is 2. The molecule has 9 heteroatoms. The second-order valence-electron chi connectivity index (χ2n) is 6.87. The third kappa shape index (κ3) is 10.7. The monoisotopic (exact) mass is 544 g/mol. The summed E-state index contributed by atoms with van der Waals surface area (Å²) in [5, 5.41) is 0.583. The molecule has 188 valence electrons. The van der Waals surface area contributed by atoms with Crippen molar-refractivity contribution >= 4 is 27.9 Å². The van der Waals surface area contributed by atoms with Crippen LogP contribution in [0.2, 0.25) is 0 Å². The number of alkyl halides is 1. The Bertz CT molecular complexity index is 907. The van der Waals surface area contributed by atoms with Gasteiger partial charge in [-0.2, -0.15) is 0 Å². The quantitative estimate of drug-likeness (QED) is 0.190. The minimum absolute atomic E-state index is 0.0104. The zero-order valence-corrected chi connectivity index (χ0v) is 21.3. The fourth-order valence-electron chi connectivity index (χ4n) is 2.60. The third-order valence-corrected chi connectivity index (χ3v) is 4.84. The highest BCUT2D eigenvalue weighted by atomic mass is 79.9. The van der Waals surface area contributed by atoms with Gasteiger partial charge >= 0.3 is 11.9 Å². The fourth-order valence-corrected chi connectivity index (χ4v) is 2.95. The molecule has 0 aliphatic carbocycles. The Morgan fingerprint density at radius 1 is 0.765 bits per heavy atom. The molecule has 0 saturated heterocycles. The number of carbonyl (C=O) groups excluding carboxylic acids is 2. The predicted molar refractivity (Wildman–Crippen MR) is 128 cm³/mol. The molecule has 0 fully saturated rings. The van der Waals surface area contributed by atoms with Gasteiger partial charge in [0, 0.05) is 11.9 Å². The van der Waals surface area contributed by atoms with Crippen molar-refractivity contribution in [2.24, 2.45) is 0 Å². The molecule has 0 amide bonds. The molecule has 2 aromatic rings. The lowest BCUT2D eigenvalue weighted by Crippen LogP contribution is -2.09. The topological polar surface area (TPSA) is 71.1 Å². The van der Waals surface area contributed by atoms with E-state index in [-0.39, 0.29) is 24.3 Å². The van der Waals surface area contributed by atoms with E-state index in [1.807, 2.05) is 6.92 Å². The molecule has 2 rings (SSSR count). The predicted octanol–water partition coefficient (Wildman–Crippen LogP) is 5.84. The highest BCUT2D eigenvalue weighted by Gasteiger charge is 2.14. The zero-order chi connectivity index (χ0) is 25.3. The summed E-state index contributed by atoms with van der Waals surface area (Å²) in [6.45, 7) is 7.88. The van der Waals surface area contributed by atoms with Crippen molar-refractivity contribution in [3.8, 4) is 0 Å². The molecule has 0 bridgehead atoms. The van der Waals surface area contributed by atoms with Crippen LogP contribution in [0.15, 0.2) is 36.4 Å². The molecule has 0 heterocycles. The molecule has 0 radical (unpaired) electrons. The Morgan fingerprint density at radius 2 is 1.26 bits per heavy atom. The number of rotatable bonds is 12. The van der Waals surface area contributed by atoms with Gasteiger partial charge in [0.2, 0.25) is 0 Å². The molecule has 0 N–H and O–H groups in total. The van der Waals surface area contributed by atoms with E-state index in [1.165, 1.54) is 24.3 Å². The largest absolute Gasteiger partial charge is 0.462 e. The minimum atomic E-state index is -0.655. The van der Waals surface area contributed by atoms with Crippen molar-refractivity contribution in [1.82, 2.24) is 0 Å². The van der Waals surface area contributed by atoms with E-state index < -0.39 is 23.6 Å². The van der Waals surface area contributed by atoms with Crippen LogP contribution in [0.3, 0.4) is 0 Å². The van der Waals surface area contributed by atoms with Crippen LogP contribution in [-0.4, -0.2) is 45.0 Å². The van der Waals surface area contributed by atoms with Gasteiger partial charge in [-0.3, -0.25) is 0 Å². The smallest absolute Gasteiger partial charge is 0.341 e. The van der Waals surface area contributed by atoms with Gasteiger partial charge in [0.05, 0.1) is 44.2 Å². The van der Waals surface area contributed by atoms with E-state index in [0.717, 1.165) is 17.5 Å². The van der Waals surface area contributed by atoms with E-state index in [2.05, 4.69) is 15.9 Å². The SMILES string of the molecule is CCCOCCOCc1ccc(F)c(C(=O)OCC)c1.CCOC(=O)c1cc(CBr)ccc1F. The summed E-state index contributed by atoms with van der Waals surface area (Å²) in [6.07, 6.45) is 0.973. The van der Waals surface area contributed by atoms with E-state index in [0.29, 0.717) is 31.8 Å². The van der Waals surface area contributed by atoms with Crippen LogP contribution in [0.5, 0.6) is 0 Å². The number of ether oxygens (including phenoxy) is 4. The first-order valence-electron chi connectivity index (χ1n) is 11.0. The summed E-state index contributed by atoms with van der Waals surface area (Å²) in [7, 11) is 0. The van der Waals surface area contributed by atoms with Crippen LogP contribution < -0.4 is 0 Å². The molecule has 0 aliphatic heterocycles. The number of benzene rings is 2. The van der Waals surface area contributed by atoms with Gasteiger partial charge in [0.15, 0.2) is 0 Å². The second kappa shape index (κ2) is 17.1. The Labute approximate surface area is 207 Å². The van der Waals surface area contributed by atoms with Crippen LogP contribution >= 0.6 is 15.9 Å². The Balaban J connectivity index is 0.000000362. The molecule has 0 aliphatic rings. The number of hydrogen-bond donors (Lipinski definition) is 0. The van der Waals surface area contributed by atoms with Crippen LogP contribution in [-0.2, 0) is 30.9 Å². The average molecular weight is 545 g/mol. The Morgan fingerprint density at radius 3 is 1.76 bits per heavy atom. The molecule has 34 heavy (non-hydrogen) atoms. The lowest BCUT2D eigenvalue weighted by Gasteiger charge is -2.08. The summed E-state index contributed by atoms with van der Waals surface area (Å²) < 4.78 is 46.9. The first-order valence-corrected chi connectivity index (χ1v) is 12.1. The second-order valence-corrected chi connectivity index (χ2v) is 7.43. The van der Waals surface area contributed by atoms with Crippen molar-refractivity contribution in [1.29, 1.82) is 0 Å². The van der Waals surface area contributed by atoms with Crippen LogP contribution in [0.4, 0.5) is 8.78 Å². The third-order valence-electron chi connectivity index (χ3n) is 4.20. The molecule has 0 aromatic heterocycles. The van der Waals surface area contributed by atoms with E-state index in [4.69, 9.17) is 18.9 Å². The zero-order valence-electron chi connectivity index (χ0n) is 19.7. The van der Waals surface area contributed by atoms with Crippen molar-refractivity contribution in [2.45, 2.75) is 39.1 Å². The van der Waals surface area contributed by atoms with Crippen molar-refractivity contribution in [2.75, 3.05) is 33.0 Å². The molecule has 6 nitrogen and oxygen atoms in total. The number of hydrogen-bond acceptors (Lipinski definition) is 6. The van der Waals surface area contributed by atoms with Gasteiger partial charge in [-0.1, -0.05) is 35.0 Å². The fraction of sp³-hybridized carbons (Fsp3) is 0.440. The molecule has 2 aromatic carbocycles. The van der Waals surface area contributed by atoms with Crippen LogP contribution in [0, 0.1) is 11.6 Å². The van der Waals surface area contributed by atoms with Crippen molar-refractivity contribution < 1.29 is 37.3 Å². The Hall–Kier alpha value is -2.36. The normalized spacial score (nSPS) is 10.3. The van der Waals surface area contributed by atoms with Crippen LogP contribution in [0.1, 0.15) is 59.0 Å². The van der Waals surface area contributed by atoms with Crippen LogP contribution in [0.25, 0.3) is 0 Å². The summed E-state index contributed by atoms with van der Waals surface area (Å²) in [5.74, 6) is -2.41. The van der Waals surface area contributed by atoms with Gasteiger partial charge in [-0.15, -0.1) is 0 Å². The summed E-state index contributed by atoms with van der Waals surface area (Å²) >= 11 is 3.23. The van der Waals surface area contributed by atoms with E-state index >= 15 is 0 Å². The first kappa shape index (κ1) is 29.7. The minimum Gasteiger partial charge on any atom is -0.462 e.